The van der Waals surface area contributed by atoms with Gasteiger partial charge in [0.2, 0.25) is 0 Å². The Morgan fingerprint density at radius 3 is 2.93 bits per heavy atom. The van der Waals surface area contributed by atoms with Crippen LogP contribution in [0, 0.1) is 0 Å². The fourth-order valence-corrected chi connectivity index (χ4v) is 1.71. The lowest BCUT2D eigenvalue weighted by molar-refractivity contribution is 0.698. The minimum Gasteiger partial charge on any atom is -0.383 e. The second-order valence-corrected chi connectivity index (χ2v) is 3.78. The topological polar surface area (TPSA) is 73.8 Å². The Morgan fingerprint density at radius 1 is 1.40 bits per heavy atom. The number of pyridine rings is 1. The molecule has 1 aliphatic carbocycles. The van der Waals surface area contributed by atoms with Gasteiger partial charge in [0.1, 0.15) is 11.2 Å². The van der Waals surface area contributed by atoms with Crippen LogP contribution in [-0.2, 0) is 0 Å². The van der Waals surface area contributed by atoms with Crippen LogP contribution in [0.3, 0.4) is 0 Å². The zero-order valence-corrected chi connectivity index (χ0v) is 8.05. The van der Waals surface area contributed by atoms with Crippen LogP contribution < -0.4 is 11.3 Å². The van der Waals surface area contributed by atoms with E-state index < -0.39 is 0 Å². The number of nitrogen functional groups attached to an aromatic ring is 1. The maximum atomic E-state index is 12.0. The lowest BCUT2D eigenvalue weighted by Crippen LogP contribution is -2.20. The maximum absolute atomic E-state index is 12.0. The number of hydrogen-bond donors (Lipinski definition) is 1. The van der Waals surface area contributed by atoms with Crippen LogP contribution in [0.1, 0.15) is 18.9 Å². The molecule has 2 aromatic rings. The molecule has 0 bridgehead atoms. The summed E-state index contributed by atoms with van der Waals surface area (Å²) in [5.74, 6) is 0.264. The van der Waals surface area contributed by atoms with Gasteiger partial charge in [0.15, 0.2) is 0 Å². The van der Waals surface area contributed by atoms with Crippen molar-refractivity contribution in [2.24, 2.45) is 0 Å². The number of fused-ring (bicyclic) bond motifs is 1. The van der Waals surface area contributed by atoms with Crippen molar-refractivity contribution in [3.05, 3.63) is 28.9 Å². The summed E-state index contributed by atoms with van der Waals surface area (Å²) in [6, 6.07) is 2.01. The van der Waals surface area contributed by atoms with Crippen LogP contribution in [0.25, 0.3) is 10.9 Å². The van der Waals surface area contributed by atoms with E-state index in [-0.39, 0.29) is 11.4 Å². The van der Waals surface area contributed by atoms with Gasteiger partial charge in [-0.05, 0) is 18.9 Å². The molecule has 1 fully saturated rings. The van der Waals surface area contributed by atoms with Gasteiger partial charge in [0.05, 0.1) is 11.8 Å². The lowest BCUT2D eigenvalue weighted by Gasteiger charge is -2.05. The van der Waals surface area contributed by atoms with E-state index in [9.17, 15) is 4.79 Å². The summed E-state index contributed by atoms with van der Waals surface area (Å²) in [6.45, 7) is 0. The van der Waals surface area contributed by atoms with Crippen LogP contribution >= 0.6 is 0 Å². The van der Waals surface area contributed by atoms with Crippen molar-refractivity contribution in [1.82, 2.24) is 14.5 Å². The van der Waals surface area contributed by atoms with Gasteiger partial charge < -0.3 is 5.73 Å². The predicted octanol–water partition coefficient (Wildman–Crippen LogP) is 0.709. The number of anilines is 1. The zero-order chi connectivity index (χ0) is 10.4. The van der Waals surface area contributed by atoms with Gasteiger partial charge in [-0.25, -0.2) is 9.97 Å². The number of rotatable bonds is 1. The molecular formula is C10H10N4O. The van der Waals surface area contributed by atoms with Crippen molar-refractivity contribution < 1.29 is 0 Å². The average molecular weight is 202 g/mol. The average Bonchev–Trinajstić information content (AvgIpc) is 3.02. The molecule has 76 valence electrons. The molecule has 0 saturated heterocycles. The molecule has 0 spiro atoms. The molecule has 0 aromatic carbocycles. The monoisotopic (exact) mass is 202 g/mol. The molecule has 15 heavy (non-hydrogen) atoms. The summed E-state index contributed by atoms with van der Waals surface area (Å²) in [5, 5.41) is 0.437. The van der Waals surface area contributed by atoms with Gasteiger partial charge in [0.25, 0.3) is 5.56 Å². The number of nitrogens with two attached hydrogens (primary N) is 1. The Kier molecular flexibility index (Phi) is 1.56. The highest BCUT2D eigenvalue weighted by atomic mass is 16.1. The fourth-order valence-electron chi connectivity index (χ4n) is 1.71. The molecule has 0 atom stereocenters. The third-order valence-electron chi connectivity index (χ3n) is 2.67. The first-order valence-corrected chi connectivity index (χ1v) is 4.88. The largest absolute Gasteiger partial charge is 0.383 e. The second-order valence-electron chi connectivity index (χ2n) is 3.78. The third-order valence-corrected chi connectivity index (χ3v) is 2.67. The molecule has 5 heteroatoms. The van der Waals surface area contributed by atoms with E-state index >= 15 is 0 Å². The van der Waals surface area contributed by atoms with E-state index in [0.29, 0.717) is 16.9 Å². The van der Waals surface area contributed by atoms with Crippen molar-refractivity contribution in [1.29, 1.82) is 0 Å². The van der Waals surface area contributed by atoms with Crippen LogP contribution in [0.15, 0.2) is 23.4 Å². The lowest BCUT2D eigenvalue weighted by atomic mass is 10.3. The van der Waals surface area contributed by atoms with Gasteiger partial charge in [-0.15, -0.1) is 0 Å². The first-order chi connectivity index (χ1) is 7.27. The Hall–Kier alpha value is -1.91. The summed E-state index contributed by atoms with van der Waals surface area (Å²) in [4.78, 5) is 20.2. The molecule has 5 nitrogen and oxygen atoms in total. The van der Waals surface area contributed by atoms with E-state index in [0.717, 1.165) is 12.8 Å². The summed E-state index contributed by atoms with van der Waals surface area (Å²) < 4.78 is 1.65. The molecule has 0 aliphatic heterocycles. The smallest absolute Gasteiger partial charge is 0.265 e. The van der Waals surface area contributed by atoms with E-state index in [4.69, 9.17) is 5.73 Å². The van der Waals surface area contributed by atoms with Crippen LogP contribution in [0.5, 0.6) is 0 Å². The molecular weight excluding hydrogens is 192 g/mol. The summed E-state index contributed by atoms with van der Waals surface area (Å²) in [7, 11) is 0. The molecule has 0 radical (unpaired) electrons. The minimum absolute atomic E-state index is 0.0758. The Bertz CT molecular complexity index is 585. The highest BCUT2D eigenvalue weighted by Crippen LogP contribution is 2.33. The van der Waals surface area contributed by atoms with Crippen molar-refractivity contribution in [2.45, 2.75) is 18.9 Å². The van der Waals surface area contributed by atoms with Gasteiger partial charge in [0, 0.05) is 12.2 Å². The molecule has 0 amide bonds. The van der Waals surface area contributed by atoms with Gasteiger partial charge in [-0.3, -0.25) is 9.36 Å². The highest BCUT2D eigenvalue weighted by molar-refractivity contribution is 5.86. The van der Waals surface area contributed by atoms with Crippen molar-refractivity contribution in [3.8, 4) is 0 Å². The fraction of sp³-hybridized carbons (Fsp3) is 0.300. The Morgan fingerprint density at radius 2 is 2.20 bits per heavy atom. The first-order valence-electron chi connectivity index (χ1n) is 4.88. The van der Waals surface area contributed by atoms with Crippen LogP contribution in [-0.4, -0.2) is 14.5 Å². The van der Waals surface area contributed by atoms with Crippen molar-refractivity contribution >= 4 is 16.7 Å². The molecule has 1 saturated carbocycles. The quantitative estimate of drug-likeness (QED) is 0.739. The van der Waals surface area contributed by atoms with Gasteiger partial charge in [-0.1, -0.05) is 0 Å². The molecule has 0 unspecified atom stereocenters. The number of aromatic nitrogens is 3. The van der Waals surface area contributed by atoms with E-state index in [1.807, 2.05) is 0 Å². The minimum atomic E-state index is -0.0758. The summed E-state index contributed by atoms with van der Waals surface area (Å²) >= 11 is 0. The molecule has 2 heterocycles. The second kappa shape index (κ2) is 2.79. The maximum Gasteiger partial charge on any atom is 0.265 e. The van der Waals surface area contributed by atoms with E-state index in [2.05, 4.69) is 9.97 Å². The Labute approximate surface area is 85.6 Å². The number of nitrogens with zero attached hydrogens (tertiary/aromatic N) is 3. The normalized spacial score (nSPS) is 15.7. The van der Waals surface area contributed by atoms with Crippen LogP contribution in [0.2, 0.25) is 0 Å². The standard InChI is InChI=1S/C10H10N4O/c11-9-8-7(3-4-12-9)13-5-14(10(8)15)6-1-2-6/h3-6H,1-2H2,(H2,11,12). The zero-order valence-electron chi connectivity index (χ0n) is 8.05. The van der Waals surface area contributed by atoms with Crippen LogP contribution in [0.4, 0.5) is 5.82 Å². The molecule has 3 rings (SSSR count). The first kappa shape index (κ1) is 8.40. The van der Waals surface area contributed by atoms with Crippen molar-refractivity contribution in [3.63, 3.8) is 0 Å². The molecule has 2 N–H and O–H groups in total. The molecule has 2 aromatic heterocycles. The Balaban J connectivity index is 2.40. The summed E-state index contributed by atoms with van der Waals surface area (Å²) in [6.07, 6.45) is 5.26. The highest BCUT2D eigenvalue weighted by Gasteiger charge is 2.25. The number of hydrogen-bond acceptors (Lipinski definition) is 4. The SMILES string of the molecule is Nc1nccc2ncn(C3CC3)c(=O)c12. The predicted molar refractivity (Wildman–Crippen MR) is 56.5 cm³/mol. The summed E-state index contributed by atoms with van der Waals surface area (Å²) in [5.41, 5.74) is 6.22. The van der Waals surface area contributed by atoms with E-state index in [1.165, 1.54) is 0 Å². The molecule has 1 aliphatic rings. The van der Waals surface area contributed by atoms with Crippen molar-refractivity contribution in [2.75, 3.05) is 5.73 Å². The van der Waals surface area contributed by atoms with Gasteiger partial charge >= 0.3 is 0 Å². The van der Waals surface area contributed by atoms with E-state index in [1.54, 1.807) is 23.2 Å². The third kappa shape index (κ3) is 1.20. The van der Waals surface area contributed by atoms with Gasteiger partial charge in [-0.2, -0.15) is 0 Å².